The maximum Gasteiger partial charge on any atom is 0.253 e. The number of rotatable bonds is 4. The molecule has 2 atom stereocenters. The third kappa shape index (κ3) is 3.90. The lowest BCUT2D eigenvalue weighted by molar-refractivity contribution is 0.0944. The first-order valence-corrected chi connectivity index (χ1v) is 6.81. The molecule has 6 heteroatoms. The van der Waals surface area contributed by atoms with E-state index in [1.165, 1.54) is 12.4 Å². The van der Waals surface area contributed by atoms with Gasteiger partial charge < -0.3 is 5.32 Å². The molecular formula is C10H13ClN2O2S. The molecule has 1 aromatic heterocycles. The van der Waals surface area contributed by atoms with Crippen LogP contribution in [0.15, 0.2) is 18.5 Å². The van der Waals surface area contributed by atoms with Crippen LogP contribution in [0.4, 0.5) is 0 Å². The number of aromatic nitrogens is 1. The summed E-state index contributed by atoms with van der Waals surface area (Å²) in [5, 5.41) is 3.03. The van der Waals surface area contributed by atoms with Gasteiger partial charge in [-0.2, -0.15) is 0 Å². The quantitative estimate of drug-likeness (QED) is 0.886. The summed E-state index contributed by atoms with van der Waals surface area (Å²) in [6, 6.07) is 1.40. The Labute approximate surface area is 102 Å². The molecule has 0 saturated carbocycles. The number of carbonyl (C=O) groups is 1. The van der Waals surface area contributed by atoms with Crippen molar-refractivity contribution in [3.8, 4) is 0 Å². The fourth-order valence-electron chi connectivity index (χ4n) is 1.25. The van der Waals surface area contributed by atoms with Crippen molar-refractivity contribution < 1.29 is 9.00 Å². The van der Waals surface area contributed by atoms with E-state index in [1.54, 1.807) is 19.2 Å². The second-order valence-corrected chi connectivity index (χ2v) is 5.36. The van der Waals surface area contributed by atoms with Gasteiger partial charge >= 0.3 is 0 Å². The van der Waals surface area contributed by atoms with Crippen molar-refractivity contribution in [3.63, 3.8) is 0 Å². The van der Waals surface area contributed by atoms with E-state index in [4.69, 9.17) is 11.6 Å². The summed E-state index contributed by atoms with van der Waals surface area (Å²) in [5.41, 5.74) is 0.380. The molecule has 1 amide bonds. The molecule has 1 N–H and O–H groups in total. The van der Waals surface area contributed by atoms with Gasteiger partial charge in [-0.25, -0.2) is 0 Å². The summed E-state index contributed by atoms with van der Waals surface area (Å²) in [4.78, 5) is 15.5. The van der Waals surface area contributed by atoms with Crippen LogP contribution in [0.1, 0.15) is 17.3 Å². The van der Waals surface area contributed by atoms with Gasteiger partial charge in [0.1, 0.15) is 0 Å². The zero-order chi connectivity index (χ0) is 12.1. The lowest BCUT2D eigenvalue weighted by Gasteiger charge is -2.12. The first-order valence-electron chi connectivity index (χ1n) is 4.71. The van der Waals surface area contributed by atoms with Gasteiger partial charge in [0, 0.05) is 41.2 Å². The minimum absolute atomic E-state index is 0.150. The van der Waals surface area contributed by atoms with Gasteiger partial charge in [0.05, 0.1) is 10.6 Å². The topological polar surface area (TPSA) is 59.1 Å². The standard InChI is InChI=1S/C10H13ClN2O2S/c1-7(6-16(2)15)13-10(14)8-3-4-12-5-9(8)11/h3-5,7H,6H2,1-2H3,(H,13,14)/t7-,16+/m0/s1. The average Bonchev–Trinajstić information content (AvgIpc) is 2.16. The Kier molecular flexibility index (Phi) is 4.89. The maximum absolute atomic E-state index is 11.7. The van der Waals surface area contributed by atoms with Gasteiger partial charge in [-0.05, 0) is 13.0 Å². The lowest BCUT2D eigenvalue weighted by Crippen LogP contribution is -2.36. The molecule has 0 aromatic carbocycles. The molecule has 88 valence electrons. The van der Waals surface area contributed by atoms with Crippen molar-refractivity contribution in [2.75, 3.05) is 12.0 Å². The molecule has 0 aliphatic heterocycles. The molecule has 0 saturated heterocycles. The van der Waals surface area contributed by atoms with E-state index in [-0.39, 0.29) is 11.9 Å². The van der Waals surface area contributed by atoms with Gasteiger partial charge in [0.25, 0.3) is 5.91 Å². The third-order valence-electron chi connectivity index (χ3n) is 1.88. The van der Waals surface area contributed by atoms with Crippen molar-refractivity contribution in [1.29, 1.82) is 0 Å². The Bertz CT molecular complexity index is 412. The number of carbonyl (C=O) groups excluding carboxylic acids is 1. The first-order chi connectivity index (χ1) is 7.50. The fourth-order valence-corrected chi connectivity index (χ4v) is 2.25. The van der Waals surface area contributed by atoms with Crippen LogP contribution in [0.25, 0.3) is 0 Å². The summed E-state index contributed by atoms with van der Waals surface area (Å²) in [6.45, 7) is 1.80. The Morgan fingerprint density at radius 3 is 2.94 bits per heavy atom. The number of nitrogens with zero attached hydrogens (tertiary/aromatic N) is 1. The lowest BCUT2D eigenvalue weighted by atomic mass is 10.2. The fraction of sp³-hybridized carbons (Fsp3) is 0.400. The zero-order valence-electron chi connectivity index (χ0n) is 9.07. The number of hydrogen-bond acceptors (Lipinski definition) is 3. The van der Waals surface area contributed by atoms with Crippen molar-refractivity contribution in [2.45, 2.75) is 13.0 Å². The molecule has 0 aliphatic rings. The number of amides is 1. The SMILES string of the molecule is C[C@@H](C[S@@](C)=O)NC(=O)c1ccncc1Cl. The molecule has 0 fully saturated rings. The summed E-state index contributed by atoms with van der Waals surface area (Å²) >= 11 is 5.82. The number of hydrogen-bond donors (Lipinski definition) is 1. The monoisotopic (exact) mass is 260 g/mol. The number of pyridine rings is 1. The highest BCUT2D eigenvalue weighted by Crippen LogP contribution is 2.13. The van der Waals surface area contributed by atoms with E-state index in [9.17, 15) is 9.00 Å². The first kappa shape index (κ1) is 13.1. The number of nitrogens with one attached hydrogen (secondary N) is 1. The molecule has 0 bridgehead atoms. The normalized spacial score (nSPS) is 14.2. The Balaban J connectivity index is 2.66. The molecule has 1 rings (SSSR count). The molecule has 0 aliphatic carbocycles. The summed E-state index contributed by atoms with van der Waals surface area (Å²) in [5.74, 6) is 0.152. The van der Waals surface area contributed by atoms with Crippen LogP contribution < -0.4 is 5.32 Å². The van der Waals surface area contributed by atoms with Crippen molar-refractivity contribution in [3.05, 3.63) is 29.0 Å². The molecule has 1 heterocycles. The van der Waals surface area contributed by atoms with Gasteiger partial charge in [-0.15, -0.1) is 0 Å². The minimum atomic E-state index is -0.934. The van der Waals surface area contributed by atoms with E-state index in [0.717, 1.165) is 0 Å². The van der Waals surface area contributed by atoms with Crippen LogP contribution in [0.2, 0.25) is 5.02 Å². The maximum atomic E-state index is 11.7. The van der Waals surface area contributed by atoms with Crippen LogP contribution in [0, 0.1) is 0 Å². The van der Waals surface area contributed by atoms with Crippen LogP contribution in [-0.2, 0) is 10.8 Å². The van der Waals surface area contributed by atoms with Crippen LogP contribution >= 0.6 is 11.6 Å². The van der Waals surface area contributed by atoms with Crippen LogP contribution in [0.3, 0.4) is 0 Å². The van der Waals surface area contributed by atoms with Gasteiger partial charge in [-0.1, -0.05) is 11.6 Å². The molecule has 4 nitrogen and oxygen atoms in total. The summed E-state index contributed by atoms with van der Waals surface area (Å²) in [7, 11) is -0.934. The van der Waals surface area contributed by atoms with Gasteiger partial charge in [0.15, 0.2) is 0 Å². The summed E-state index contributed by atoms with van der Waals surface area (Å²) in [6.07, 6.45) is 4.52. The van der Waals surface area contributed by atoms with E-state index in [2.05, 4.69) is 10.3 Å². The summed E-state index contributed by atoms with van der Waals surface area (Å²) < 4.78 is 11.0. The highest BCUT2D eigenvalue weighted by Gasteiger charge is 2.13. The third-order valence-corrected chi connectivity index (χ3v) is 3.15. The molecule has 0 spiro atoms. The molecule has 0 radical (unpaired) electrons. The highest BCUT2D eigenvalue weighted by atomic mass is 35.5. The van der Waals surface area contributed by atoms with Gasteiger partial charge in [0.2, 0.25) is 0 Å². The second-order valence-electron chi connectivity index (χ2n) is 3.47. The molecule has 0 unspecified atom stereocenters. The van der Waals surface area contributed by atoms with E-state index in [0.29, 0.717) is 16.3 Å². The average molecular weight is 261 g/mol. The minimum Gasteiger partial charge on any atom is -0.349 e. The predicted octanol–water partition coefficient (Wildman–Crippen LogP) is 1.23. The molecular weight excluding hydrogens is 248 g/mol. The zero-order valence-corrected chi connectivity index (χ0v) is 10.6. The van der Waals surface area contributed by atoms with Crippen LogP contribution in [0.5, 0.6) is 0 Å². The molecule has 1 aromatic rings. The van der Waals surface area contributed by atoms with Crippen molar-refractivity contribution in [1.82, 2.24) is 10.3 Å². The number of halogens is 1. The van der Waals surface area contributed by atoms with E-state index < -0.39 is 10.8 Å². The predicted molar refractivity (Wildman–Crippen MR) is 65.1 cm³/mol. The van der Waals surface area contributed by atoms with Crippen molar-refractivity contribution >= 4 is 28.3 Å². The smallest absolute Gasteiger partial charge is 0.253 e. The Hall–Kier alpha value is -0.940. The van der Waals surface area contributed by atoms with Crippen molar-refractivity contribution in [2.24, 2.45) is 0 Å². The van der Waals surface area contributed by atoms with E-state index in [1.807, 2.05) is 0 Å². The Morgan fingerprint density at radius 2 is 2.38 bits per heavy atom. The largest absolute Gasteiger partial charge is 0.349 e. The van der Waals surface area contributed by atoms with E-state index >= 15 is 0 Å². The van der Waals surface area contributed by atoms with Gasteiger partial charge in [-0.3, -0.25) is 14.0 Å². The van der Waals surface area contributed by atoms with Crippen LogP contribution in [-0.4, -0.2) is 33.2 Å². The molecule has 16 heavy (non-hydrogen) atoms. The second kappa shape index (κ2) is 5.96. The highest BCUT2D eigenvalue weighted by molar-refractivity contribution is 7.84. The Morgan fingerprint density at radius 1 is 1.69 bits per heavy atom.